The fourth-order valence-corrected chi connectivity index (χ4v) is 4.71. The summed E-state index contributed by atoms with van der Waals surface area (Å²) in [5.74, 6) is -0.628. The van der Waals surface area contributed by atoms with Gasteiger partial charge in [-0.2, -0.15) is 18.3 Å². The normalized spacial score (nSPS) is 13.0. The van der Waals surface area contributed by atoms with E-state index in [0.29, 0.717) is 34.1 Å². The third-order valence-electron chi connectivity index (χ3n) is 6.51. The number of nitrogens with one attached hydrogen (secondary N) is 1. The number of thioether (sulfide) groups is 1. The number of rotatable bonds is 12. The van der Waals surface area contributed by atoms with Crippen molar-refractivity contribution in [3.8, 4) is 28.6 Å². The molecule has 1 unspecified atom stereocenters. The largest absolute Gasteiger partial charge is 0.573 e. The summed E-state index contributed by atoms with van der Waals surface area (Å²) in [6.07, 6.45) is -7.89. The molecule has 266 valence electrons. The number of hydrogen-bond acceptors (Lipinski definition) is 10. The summed E-state index contributed by atoms with van der Waals surface area (Å²) in [7, 11) is 1.54. The van der Waals surface area contributed by atoms with Crippen LogP contribution in [0.15, 0.2) is 77.1 Å². The molecule has 0 bridgehead atoms. The van der Waals surface area contributed by atoms with E-state index in [2.05, 4.69) is 35.1 Å². The van der Waals surface area contributed by atoms with Crippen LogP contribution in [0, 0.1) is 13.8 Å². The minimum absolute atomic E-state index is 0.221. The van der Waals surface area contributed by atoms with Crippen LogP contribution < -0.4 is 14.9 Å². The first-order valence-corrected chi connectivity index (χ1v) is 15.5. The van der Waals surface area contributed by atoms with Gasteiger partial charge in [-0.15, -0.1) is 18.3 Å². The Morgan fingerprint density at radius 2 is 1.66 bits per heavy atom. The van der Waals surface area contributed by atoms with Crippen molar-refractivity contribution in [2.75, 3.05) is 19.7 Å². The van der Waals surface area contributed by atoms with Gasteiger partial charge in [0.05, 0.1) is 24.7 Å². The third-order valence-corrected chi connectivity index (χ3v) is 7.20. The quantitative estimate of drug-likeness (QED) is 0.0402. The van der Waals surface area contributed by atoms with Crippen LogP contribution in [0.25, 0.3) is 17.1 Å². The summed E-state index contributed by atoms with van der Waals surface area (Å²) < 4.78 is 94.9. The molecule has 11 nitrogen and oxygen atoms in total. The average molecular weight is 725 g/mol. The second-order valence-electron chi connectivity index (χ2n) is 10.4. The SMILES string of the molecule is COc1cc(C)c(N=C(N/N=C\c2ccc(-c3ncn(-c4ccc(OC(F)(F)F)cc4)n3)cc2)SCOC(=O)C(C)OCC(F)(F)F)c(C)c1. The number of amidine groups is 1. The van der Waals surface area contributed by atoms with Crippen LogP contribution in [0.1, 0.15) is 23.6 Å². The zero-order valence-electron chi connectivity index (χ0n) is 26.9. The van der Waals surface area contributed by atoms with Gasteiger partial charge in [-0.3, -0.25) is 5.43 Å². The number of carbonyl (C=O) groups excluding carboxylic acids is 1. The van der Waals surface area contributed by atoms with E-state index >= 15 is 0 Å². The second-order valence-corrected chi connectivity index (χ2v) is 11.3. The molecule has 1 N–H and O–H groups in total. The monoisotopic (exact) mass is 724 g/mol. The number of benzene rings is 3. The van der Waals surface area contributed by atoms with Gasteiger partial charge in [0.25, 0.3) is 0 Å². The molecule has 50 heavy (non-hydrogen) atoms. The summed E-state index contributed by atoms with van der Waals surface area (Å²) in [4.78, 5) is 21.1. The van der Waals surface area contributed by atoms with Gasteiger partial charge in [0.1, 0.15) is 30.4 Å². The van der Waals surface area contributed by atoms with Crippen molar-refractivity contribution in [1.29, 1.82) is 0 Å². The molecule has 0 aliphatic carbocycles. The molecule has 1 aromatic heterocycles. The fraction of sp³-hybridized carbons (Fsp3) is 0.281. The molecule has 0 saturated heterocycles. The van der Waals surface area contributed by atoms with Crippen molar-refractivity contribution in [1.82, 2.24) is 20.2 Å². The second kappa shape index (κ2) is 16.5. The van der Waals surface area contributed by atoms with Gasteiger partial charge < -0.3 is 18.9 Å². The van der Waals surface area contributed by atoms with Gasteiger partial charge in [-0.1, -0.05) is 24.3 Å². The van der Waals surface area contributed by atoms with E-state index < -0.39 is 31.2 Å². The number of esters is 1. The minimum atomic E-state index is -4.79. The molecule has 0 fully saturated rings. The van der Waals surface area contributed by atoms with Crippen molar-refractivity contribution in [2.45, 2.75) is 39.4 Å². The lowest BCUT2D eigenvalue weighted by Crippen LogP contribution is -2.29. The molecule has 0 spiro atoms. The Labute approximate surface area is 286 Å². The number of aliphatic imine (C=N–C) groups is 1. The summed E-state index contributed by atoms with van der Waals surface area (Å²) >= 11 is 0.949. The molecular formula is C32H30F6N6O5S. The maximum atomic E-state index is 12.4. The highest BCUT2D eigenvalue weighted by Crippen LogP contribution is 2.30. The first-order chi connectivity index (χ1) is 23.6. The highest BCUT2D eigenvalue weighted by atomic mass is 32.2. The molecule has 1 atom stereocenters. The summed E-state index contributed by atoms with van der Waals surface area (Å²) in [6, 6.07) is 15.7. The predicted molar refractivity (Wildman–Crippen MR) is 174 cm³/mol. The lowest BCUT2D eigenvalue weighted by Gasteiger charge is -2.14. The van der Waals surface area contributed by atoms with Crippen molar-refractivity contribution in [3.63, 3.8) is 0 Å². The van der Waals surface area contributed by atoms with Crippen molar-refractivity contribution in [2.24, 2.45) is 10.1 Å². The topological polar surface area (TPSA) is 121 Å². The number of carbonyl (C=O) groups is 1. The Morgan fingerprint density at radius 3 is 2.26 bits per heavy atom. The summed E-state index contributed by atoms with van der Waals surface area (Å²) in [5, 5.41) is 8.84. The predicted octanol–water partition coefficient (Wildman–Crippen LogP) is 7.27. The maximum absolute atomic E-state index is 12.4. The number of alkyl halides is 6. The highest BCUT2D eigenvalue weighted by Gasteiger charge is 2.31. The zero-order chi connectivity index (χ0) is 36.5. The van der Waals surface area contributed by atoms with Crippen LogP contribution in [0.2, 0.25) is 0 Å². The van der Waals surface area contributed by atoms with Crippen LogP contribution in [-0.4, -0.2) is 70.4 Å². The van der Waals surface area contributed by atoms with Crippen molar-refractivity contribution in [3.05, 3.63) is 83.7 Å². The fourth-order valence-electron chi connectivity index (χ4n) is 4.15. The van der Waals surface area contributed by atoms with Crippen LogP contribution in [0.4, 0.5) is 32.0 Å². The van der Waals surface area contributed by atoms with Crippen LogP contribution in [0.5, 0.6) is 11.5 Å². The molecule has 3 aromatic carbocycles. The van der Waals surface area contributed by atoms with Crippen LogP contribution in [0.3, 0.4) is 0 Å². The van der Waals surface area contributed by atoms with Gasteiger partial charge >= 0.3 is 18.5 Å². The Kier molecular flexibility index (Phi) is 12.5. The van der Waals surface area contributed by atoms with E-state index in [0.717, 1.165) is 29.8 Å². The minimum Gasteiger partial charge on any atom is -0.497 e. The molecule has 0 aliphatic rings. The van der Waals surface area contributed by atoms with Gasteiger partial charge in [-0.05, 0) is 85.6 Å². The van der Waals surface area contributed by atoms with Crippen LogP contribution >= 0.6 is 11.8 Å². The van der Waals surface area contributed by atoms with Gasteiger partial charge in [0.15, 0.2) is 17.1 Å². The van der Waals surface area contributed by atoms with Crippen LogP contribution in [-0.2, 0) is 14.3 Å². The van der Waals surface area contributed by atoms with E-state index in [1.165, 1.54) is 41.5 Å². The maximum Gasteiger partial charge on any atom is 0.573 e. The molecule has 4 rings (SSSR count). The number of aromatic nitrogens is 3. The lowest BCUT2D eigenvalue weighted by atomic mass is 10.1. The Bertz CT molecular complexity index is 1790. The summed E-state index contributed by atoms with van der Waals surface area (Å²) in [5.41, 5.74) is 6.79. The lowest BCUT2D eigenvalue weighted by molar-refractivity contribution is -0.274. The van der Waals surface area contributed by atoms with Gasteiger partial charge in [-0.25, -0.2) is 19.5 Å². The number of methoxy groups -OCH3 is 1. The zero-order valence-corrected chi connectivity index (χ0v) is 27.7. The Balaban J connectivity index is 1.42. The number of nitrogens with zero attached hydrogens (tertiary/aromatic N) is 5. The first kappa shape index (κ1) is 37.7. The molecule has 4 aromatic rings. The smallest absolute Gasteiger partial charge is 0.497 e. The standard InChI is InChI=1S/C32H30F6N6O5S/c1-19-13-26(46-4)14-20(2)27(19)41-30(50-18-48-29(45)21(3)47-16-31(33,34)35)42-40-15-22-5-7-23(8-6-22)28-39-17-44(43-28)24-9-11-25(12-10-24)49-32(36,37)38/h5-15,17,21H,16,18H2,1-4H3,(H,41,42)/b40-15-. The van der Waals surface area contributed by atoms with E-state index in [1.54, 1.807) is 43.5 Å². The van der Waals surface area contributed by atoms with Gasteiger partial charge in [0.2, 0.25) is 0 Å². The molecule has 0 aliphatic heterocycles. The average Bonchev–Trinajstić information content (AvgIpc) is 3.55. The molecule has 1 heterocycles. The third kappa shape index (κ3) is 11.5. The molecule has 0 radical (unpaired) electrons. The molecular weight excluding hydrogens is 694 g/mol. The molecule has 0 amide bonds. The van der Waals surface area contributed by atoms with E-state index in [-0.39, 0.29) is 16.9 Å². The van der Waals surface area contributed by atoms with E-state index in [9.17, 15) is 31.1 Å². The van der Waals surface area contributed by atoms with E-state index in [1.807, 2.05) is 13.8 Å². The Morgan fingerprint density at radius 1 is 1.00 bits per heavy atom. The number of aryl methyl sites for hydroxylation is 2. The molecule has 18 heteroatoms. The van der Waals surface area contributed by atoms with Gasteiger partial charge in [0, 0.05) is 5.56 Å². The number of hydrazone groups is 1. The van der Waals surface area contributed by atoms with Crippen molar-refractivity contribution < 1.29 is 50.1 Å². The Hall–Kier alpha value is -5.10. The number of halogens is 6. The summed E-state index contributed by atoms with van der Waals surface area (Å²) in [6.45, 7) is 3.24. The molecule has 0 saturated carbocycles. The number of ether oxygens (including phenoxy) is 4. The highest BCUT2D eigenvalue weighted by molar-refractivity contribution is 8.13. The van der Waals surface area contributed by atoms with E-state index in [4.69, 9.17) is 9.47 Å². The number of hydrogen-bond donors (Lipinski definition) is 1. The first-order valence-electron chi connectivity index (χ1n) is 14.5. The van der Waals surface area contributed by atoms with Crippen molar-refractivity contribution >= 4 is 34.8 Å².